The van der Waals surface area contributed by atoms with Crippen molar-refractivity contribution in [3.05, 3.63) is 129 Å². The third-order valence-corrected chi connectivity index (χ3v) is 11.1. The number of fused-ring (bicyclic) bond motifs is 2. The summed E-state index contributed by atoms with van der Waals surface area (Å²) in [4.78, 5) is 68.5. The smallest absolute Gasteiger partial charge is 0.351 e. The van der Waals surface area contributed by atoms with Crippen LogP contribution in [0.4, 0.5) is 0 Å². The molecule has 2 aliphatic heterocycles. The second-order valence-corrected chi connectivity index (χ2v) is 16.3. The molecular weight excluding hydrogens is 916 g/mol. The van der Waals surface area contributed by atoms with Crippen LogP contribution in [0.25, 0.3) is 11.3 Å². The first-order valence-corrected chi connectivity index (χ1v) is 22.5. The number of halogens is 1. The van der Waals surface area contributed by atoms with Gasteiger partial charge in [0.15, 0.2) is 11.3 Å². The molecule has 352 valence electrons. The molecule has 18 nitrogen and oxygen atoms in total. The summed E-state index contributed by atoms with van der Waals surface area (Å²) < 4.78 is 26.7. The SMILES string of the molecule is C.O=C1CCC(Br)C(=O)N1.O=C1CCC(n2nc3ccc(OCCCCCOCc4ccccc4)cn3c2=O)C(=O)N1.O=c1[nH]nc2ccc(OCCCCCOCc3ccccc3)cn12. The Bertz CT molecular complexity index is 2600. The van der Waals surface area contributed by atoms with Crippen molar-refractivity contribution in [3.63, 3.8) is 0 Å². The van der Waals surface area contributed by atoms with Gasteiger partial charge >= 0.3 is 11.4 Å². The van der Waals surface area contributed by atoms with E-state index in [1.807, 2.05) is 54.6 Å². The minimum Gasteiger partial charge on any atom is -0.492 e. The van der Waals surface area contributed by atoms with E-state index in [-0.39, 0.29) is 48.5 Å². The van der Waals surface area contributed by atoms with Crippen LogP contribution >= 0.6 is 15.9 Å². The number of unbranched alkanes of at least 4 members (excludes halogenated alkanes) is 4. The number of H-pyrrole nitrogens is 1. The number of alkyl halides is 1. The quantitative estimate of drug-likeness (QED) is 0.0495. The number of piperidine rings is 2. The third-order valence-electron chi connectivity index (χ3n) is 10.2. The number of hydrogen-bond donors (Lipinski definition) is 3. The highest BCUT2D eigenvalue weighted by Crippen LogP contribution is 2.18. The van der Waals surface area contributed by atoms with E-state index in [4.69, 9.17) is 18.9 Å². The molecule has 8 rings (SSSR count). The molecule has 2 aliphatic rings. The van der Waals surface area contributed by atoms with Crippen molar-refractivity contribution in [1.29, 1.82) is 0 Å². The van der Waals surface area contributed by atoms with Crippen LogP contribution in [0.3, 0.4) is 0 Å². The monoisotopic (exact) mass is 972 g/mol. The van der Waals surface area contributed by atoms with E-state index in [2.05, 4.69) is 54.0 Å². The van der Waals surface area contributed by atoms with Gasteiger partial charge in [0.1, 0.15) is 17.5 Å². The van der Waals surface area contributed by atoms with Crippen molar-refractivity contribution in [3.8, 4) is 11.5 Å². The van der Waals surface area contributed by atoms with Crippen LogP contribution in [-0.2, 0) is 41.9 Å². The maximum atomic E-state index is 12.7. The molecule has 66 heavy (non-hydrogen) atoms. The summed E-state index contributed by atoms with van der Waals surface area (Å²) in [5, 5.41) is 15.0. The zero-order valence-corrected chi connectivity index (χ0v) is 37.5. The summed E-state index contributed by atoms with van der Waals surface area (Å²) in [6, 6.07) is 26.5. The third kappa shape index (κ3) is 15.6. The topological polar surface area (TPSA) is 219 Å². The van der Waals surface area contributed by atoms with Gasteiger partial charge in [0.2, 0.25) is 17.7 Å². The number of carbonyl (C=O) groups excluding carboxylic acids is 4. The van der Waals surface area contributed by atoms with Crippen LogP contribution in [0, 0.1) is 0 Å². The molecule has 19 heteroatoms. The summed E-state index contributed by atoms with van der Waals surface area (Å²) in [5.41, 5.74) is 2.68. The summed E-state index contributed by atoms with van der Waals surface area (Å²) in [6.07, 6.45) is 10.5. The Morgan fingerprint density at radius 3 is 1.65 bits per heavy atom. The fourth-order valence-corrected chi connectivity index (χ4v) is 7.03. The van der Waals surface area contributed by atoms with Crippen molar-refractivity contribution < 1.29 is 38.1 Å². The van der Waals surface area contributed by atoms with Gasteiger partial charge in [-0.15, -0.1) is 5.10 Å². The number of aromatic nitrogens is 6. The van der Waals surface area contributed by atoms with Crippen molar-refractivity contribution in [2.75, 3.05) is 26.4 Å². The molecule has 2 fully saturated rings. The lowest BCUT2D eigenvalue weighted by atomic mass is 10.1. The predicted octanol–water partition coefficient (Wildman–Crippen LogP) is 5.85. The molecule has 6 aromatic rings. The number of ether oxygens (including phenoxy) is 4. The predicted molar refractivity (Wildman–Crippen MR) is 249 cm³/mol. The zero-order valence-electron chi connectivity index (χ0n) is 35.9. The van der Waals surface area contributed by atoms with E-state index in [1.54, 1.807) is 30.6 Å². The first-order valence-electron chi connectivity index (χ1n) is 21.6. The van der Waals surface area contributed by atoms with Gasteiger partial charge in [-0.05, 0) is 86.8 Å². The first-order chi connectivity index (χ1) is 31.6. The van der Waals surface area contributed by atoms with Crippen molar-refractivity contribution >= 4 is 50.9 Å². The summed E-state index contributed by atoms with van der Waals surface area (Å²) in [5.74, 6) is 0.00788. The fraction of sp³-hybridized carbons (Fsp3) is 0.404. The van der Waals surface area contributed by atoms with Crippen LogP contribution in [0.2, 0.25) is 0 Å². The Balaban J connectivity index is 0.000000211. The van der Waals surface area contributed by atoms with Gasteiger partial charge in [-0.25, -0.2) is 23.5 Å². The summed E-state index contributed by atoms with van der Waals surface area (Å²) in [7, 11) is 0. The molecule has 2 unspecified atom stereocenters. The summed E-state index contributed by atoms with van der Waals surface area (Å²) >= 11 is 3.12. The highest BCUT2D eigenvalue weighted by molar-refractivity contribution is 9.10. The Morgan fingerprint density at radius 1 is 0.591 bits per heavy atom. The van der Waals surface area contributed by atoms with Gasteiger partial charge in [0, 0.05) is 26.1 Å². The molecule has 6 heterocycles. The standard InChI is InChI=1S/C23H26N4O5.C18H21N3O3.C5H6BrNO2.CH4/c28-21-12-10-19(22(29)24-21)27-23(30)26-15-18(9-11-20(26)25-27)32-14-6-2-5-13-31-16-17-7-3-1-4-8-17;22-18-20-19-17-10-9-16(13-21(17)18)24-12-6-2-5-11-23-14-15-7-3-1-4-8-15;6-3-1-2-4(8)7-5(3)9;/h1,3-4,7-9,11,15,19H,2,5-6,10,12-14,16H2,(H,24,28,29);1,3-4,7-10,13H,2,5-6,11-12,14H2,(H,20,22);3H,1-2H2,(H,7,8,9);1H4. The summed E-state index contributed by atoms with van der Waals surface area (Å²) in [6.45, 7) is 3.90. The minimum absolute atomic E-state index is 0. The molecule has 2 saturated heterocycles. The lowest BCUT2D eigenvalue weighted by molar-refractivity contribution is -0.136. The second-order valence-electron chi connectivity index (χ2n) is 15.2. The molecule has 4 amide bonds. The lowest BCUT2D eigenvalue weighted by Crippen LogP contribution is -2.44. The number of amides is 4. The molecule has 2 aromatic carbocycles. The van der Waals surface area contributed by atoms with Crippen molar-refractivity contribution in [1.82, 2.24) is 39.4 Å². The van der Waals surface area contributed by atoms with E-state index in [1.165, 1.54) is 19.9 Å². The molecule has 2 atom stereocenters. The normalized spacial score (nSPS) is 15.7. The number of carbonyl (C=O) groups is 4. The number of benzene rings is 2. The molecular formula is C47H57BrN8O10. The number of imide groups is 2. The maximum Gasteiger partial charge on any atom is 0.351 e. The molecule has 3 N–H and O–H groups in total. The van der Waals surface area contributed by atoms with Gasteiger partial charge < -0.3 is 18.9 Å². The Labute approximate surface area is 390 Å². The number of pyridine rings is 2. The Kier molecular flexibility index (Phi) is 20.3. The van der Waals surface area contributed by atoms with Gasteiger partial charge in [-0.2, -0.15) is 9.78 Å². The van der Waals surface area contributed by atoms with Gasteiger partial charge in [-0.1, -0.05) is 84.0 Å². The molecule has 0 aliphatic carbocycles. The second kappa shape index (κ2) is 26.5. The molecule has 0 bridgehead atoms. The minimum atomic E-state index is -0.784. The molecule has 0 spiro atoms. The lowest BCUT2D eigenvalue weighted by Gasteiger charge is -2.19. The van der Waals surface area contributed by atoms with Gasteiger partial charge in [0.05, 0.1) is 43.6 Å². The van der Waals surface area contributed by atoms with Crippen LogP contribution in [0.15, 0.2) is 107 Å². The van der Waals surface area contributed by atoms with Crippen LogP contribution in [-0.4, -0.2) is 83.7 Å². The highest BCUT2D eigenvalue weighted by atomic mass is 79.9. The number of hydrogen-bond acceptors (Lipinski definition) is 12. The van der Waals surface area contributed by atoms with Crippen LogP contribution < -0.4 is 31.5 Å². The van der Waals surface area contributed by atoms with Gasteiger partial charge in [-0.3, -0.25) is 29.8 Å². The molecule has 4 aromatic heterocycles. The first kappa shape index (κ1) is 50.6. The van der Waals surface area contributed by atoms with Crippen molar-refractivity contribution in [2.45, 2.75) is 95.7 Å². The molecule has 0 radical (unpaired) electrons. The van der Waals surface area contributed by atoms with E-state index in [0.717, 1.165) is 49.8 Å². The van der Waals surface area contributed by atoms with E-state index in [0.29, 0.717) is 68.7 Å². The van der Waals surface area contributed by atoms with E-state index in [9.17, 15) is 28.8 Å². The molecule has 0 saturated carbocycles. The Morgan fingerprint density at radius 2 is 1.11 bits per heavy atom. The average Bonchev–Trinajstić information content (AvgIpc) is 3.85. The van der Waals surface area contributed by atoms with Gasteiger partial charge in [0.25, 0.3) is 5.91 Å². The van der Waals surface area contributed by atoms with E-state index >= 15 is 0 Å². The number of nitrogens with one attached hydrogen (secondary N) is 3. The van der Waals surface area contributed by atoms with Crippen molar-refractivity contribution in [2.24, 2.45) is 0 Å². The number of aromatic amines is 1. The number of rotatable bonds is 19. The average molecular weight is 974 g/mol. The highest BCUT2D eigenvalue weighted by Gasteiger charge is 2.31. The maximum absolute atomic E-state index is 12.7. The Hall–Kier alpha value is -6.44. The van der Waals surface area contributed by atoms with E-state index < -0.39 is 17.6 Å². The number of nitrogens with zero attached hydrogens (tertiary/aromatic N) is 5. The van der Waals surface area contributed by atoms with Crippen LogP contribution in [0.1, 0.15) is 88.8 Å². The fourth-order valence-electron chi connectivity index (χ4n) is 6.69. The zero-order chi connectivity index (χ0) is 45.8. The van der Waals surface area contributed by atoms with Crippen LogP contribution in [0.5, 0.6) is 11.5 Å². The largest absolute Gasteiger partial charge is 0.492 e.